The lowest BCUT2D eigenvalue weighted by molar-refractivity contribution is -0.127. The molecular weight excluding hydrogens is 307 g/mol. The van der Waals surface area contributed by atoms with E-state index in [-0.39, 0.29) is 17.9 Å². The maximum Gasteiger partial charge on any atom is 0.224 e. The Labute approximate surface area is 136 Å². The number of nitrogens with zero attached hydrogens (tertiary/aromatic N) is 1. The average molecular weight is 329 g/mol. The summed E-state index contributed by atoms with van der Waals surface area (Å²) in [6.07, 6.45) is 1.98. The van der Waals surface area contributed by atoms with Gasteiger partial charge in [-0.15, -0.1) is 0 Å². The van der Waals surface area contributed by atoms with Gasteiger partial charge < -0.3 is 5.32 Å². The van der Waals surface area contributed by atoms with Gasteiger partial charge in [-0.3, -0.25) is 9.69 Å². The third-order valence-electron chi connectivity index (χ3n) is 3.75. The number of nitrogens with one attached hydrogen (secondary N) is 1. The van der Waals surface area contributed by atoms with E-state index < -0.39 is 0 Å². The first-order chi connectivity index (χ1) is 9.97. The van der Waals surface area contributed by atoms with Gasteiger partial charge in [-0.25, -0.2) is 0 Å². The molecule has 2 rings (SSSR count). The molecule has 1 aromatic carbocycles. The van der Waals surface area contributed by atoms with E-state index >= 15 is 0 Å². The Morgan fingerprint density at radius 1 is 1.38 bits per heavy atom. The van der Waals surface area contributed by atoms with Gasteiger partial charge in [-0.1, -0.05) is 29.3 Å². The van der Waals surface area contributed by atoms with Crippen molar-refractivity contribution in [1.82, 2.24) is 10.2 Å². The van der Waals surface area contributed by atoms with Crippen LogP contribution in [0.4, 0.5) is 0 Å². The first-order valence-corrected chi connectivity index (χ1v) is 8.18. The van der Waals surface area contributed by atoms with Gasteiger partial charge in [0, 0.05) is 34.7 Å². The summed E-state index contributed by atoms with van der Waals surface area (Å²) in [5.74, 6) is 0.211. The summed E-state index contributed by atoms with van der Waals surface area (Å²) in [6.45, 7) is 6.42. The minimum Gasteiger partial charge on any atom is -0.354 e. The highest BCUT2D eigenvalue weighted by Gasteiger charge is 2.26. The molecule has 1 aromatic rings. The number of halogens is 2. The monoisotopic (exact) mass is 328 g/mol. The summed E-state index contributed by atoms with van der Waals surface area (Å²) in [4.78, 5) is 14.4. The second-order valence-electron chi connectivity index (χ2n) is 5.94. The molecule has 3 nitrogen and oxygen atoms in total. The zero-order valence-corrected chi connectivity index (χ0v) is 14.0. The van der Waals surface area contributed by atoms with Gasteiger partial charge in [0.1, 0.15) is 0 Å². The van der Waals surface area contributed by atoms with E-state index in [0.717, 1.165) is 31.5 Å². The summed E-state index contributed by atoms with van der Waals surface area (Å²) in [7, 11) is 0. The predicted molar refractivity (Wildman–Crippen MR) is 87.7 cm³/mol. The van der Waals surface area contributed by atoms with E-state index in [9.17, 15) is 4.79 Å². The molecule has 0 radical (unpaired) electrons. The van der Waals surface area contributed by atoms with E-state index in [2.05, 4.69) is 10.2 Å². The molecule has 1 aliphatic rings. The Kier molecular flexibility index (Phi) is 5.91. The first-order valence-electron chi connectivity index (χ1n) is 7.43. The summed E-state index contributed by atoms with van der Waals surface area (Å²) in [5.41, 5.74) is 0.950. The highest BCUT2D eigenvalue weighted by molar-refractivity contribution is 6.35. The minimum atomic E-state index is 0.0578. The van der Waals surface area contributed by atoms with Crippen LogP contribution in [0.3, 0.4) is 0 Å². The van der Waals surface area contributed by atoms with Crippen LogP contribution in [0.1, 0.15) is 32.3 Å². The van der Waals surface area contributed by atoms with E-state index in [4.69, 9.17) is 23.2 Å². The van der Waals surface area contributed by atoms with Crippen LogP contribution in [-0.4, -0.2) is 29.9 Å². The third-order valence-corrected chi connectivity index (χ3v) is 4.46. The number of benzene rings is 1. The lowest BCUT2D eigenvalue weighted by Crippen LogP contribution is -2.44. The van der Waals surface area contributed by atoms with Gasteiger partial charge in [0.25, 0.3) is 0 Å². The molecule has 0 saturated carbocycles. The lowest BCUT2D eigenvalue weighted by atomic mass is 9.96. The van der Waals surface area contributed by atoms with E-state index in [1.54, 1.807) is 0 Å². The fourth-order valence-electron chi connectivity index (χ4n) is 2.72. The second kappa shape index (κ2) is 7.48. The lowest BCUT2D eigenvalue weighted by Gasteiger charge is -2.32. The molecule has 1 atom stereocenters. The van der Waals surface area contributed by atoms with Crippen LogP contribution in [0.2, 0.25) is 10.0 Å². The zero-order chi connectivity index (χ0) is 15.4. The van der Waals surface area contributed by atoms with Gasteiger partial charge >= 0.3 is 0 Å². The Bertz CT molecular complexity index is 485. The van der Waals surface area contributed by atoms with E-state index in [1.807, 2.05) is 32.0 Å². The molecule has 1 saturated heterocycles. The number of likely N-dealkylation sites (tertiary alicyclic amines) is 1. The fourth-order valence-corrected chi connectivity index (χ4v) is 3.24. The highest BCUT2D eigenvalue weighted by Crippen LogP contribution is 2.27. The molecule has 1 N–H and O–H groups in total. The van der Waals surface area contributed by atoms with Crippen molar-refractivity contribution in [3.05, 3.63) is 33.8 Å². The fraction of sp³-hybridized carbons (Fsp3) is 0.562. The molecule has 1 heterocycles. The number of carbonyl (C=O) groups excluding carboxylic acids is 1. The van der Waals surface area contributed by atoms with Gasteiger partial charge in [-0.05, 0) is 45.4 Å². The molecule has 21 heavy (non-hydrogen) atoms. The quantitative estimate of drug-likeness (QED) is 0.913. The number of hydrogen-bond donors (Lipinski definition) is 1. The van der Waals surface area contributed by atoms with Gasteiger partial charge in [0.15, 0.2) is 0 Å². The highest BCUT2D eigenvalue weighted by atomic mass is 35.5. The second-order valence-corrected chi connectivity index (χ2v) is 6.75. The summed E-state index contributed by atoms with van der Waals surface area (Å²) in [5, 5.41) is 4.38. The number of hydrogen-bond acceptors (Lipinski definition) is 2. The number of carbonyl (C=O) groups is 1. The molecule has 1 fully saturated rings. The molecule has 5 heteroatoms. The minimum absolute atomic E-state index is 0.0578. The number of amides is 1. The molecule has 0 aliphatic carbocycles. The van der Waals surface area contributed by atoms with Crippen LogP contribution >= 0.6 is 23.2 Å². The summed E-state index contributed by atoms with van der Waals surface area (Å²) in [6, 6.07) is 5.75. The van der Waals surface area contributed by atoms with Crippen molar-refractivity contribution in [2.24, 2.45) is 5.92 Å². The van der Waals surface area contributed by atoms with E-state index in [0.29, 0.717) is 16.6 Å². The Morgan fingerprint density at radius 2 is 2.05 bits per heavy atom. The van der Waals surface area contributed by atoms with Crippen LogP contribution in [0, 0.1) is 5.92 Å². The molecule has 116 valence electrons. The Balaban J connectivity index is 2.00. The molecule has 1 unspecified atom stereocenters. The van der Waals surface area contributed by atoms with Gasteiger partial charge in [0.2, 0.25) is 5.91 Å². The molecular formula is C16H22Cl2N2O. The predicted octanol–water partition coefficient (Wildman–Crippen LogP) is 3.73. The first kappa shape index (κ1) is 16.6. The molecule has 1 aliphatic heterocycles. The SMILES string of the molecule is CC(C)NC(=O)C1CCCN(Cc2c(Cl)cccc2Cl)C1. The molecule has 1 amide bonds. The van der Waals surface area contributed by atoms with Crippen molar-refractivity contribution < 1.29 is 4.79 Å². The zero-order valence-electron chi connectivity index (χ0n) is 12.5. The molecule has 0 bridgehead atoms. The van der Waals surface area contributed by atoms with Gasteiger partial charge in [0.05, 0.1) is 5.92 Å². The topological polar surface area (TPSA) is 32.3 Å². The van der Waals surface area contributed by atoms with Gasteiger partial charge in [-0.2, -0.15) is 0 Å². The number of piperidine rings is 1. The van der Waals surface area contributed by atoms with Crippen molar-refractivity contribution in [1.29, 1.82) is 0 Å². The third kappa shape index (κ3) is 4.60. The number of rotatable bonds is 4. The van der Waals surface area contributed by atoms with Crippen LogP contribution in [0.15, 0.2) is 18.2 Å². The maximum absolute atomic E-state index is 12.2. The standard InChI is InChI=1S/C16H22Cl2N2O/c1-11(2)19-16(21)12-5-4-8-20(9-12)10-13-14(17)6-3-7-15(13)18/h3,6-7,11-12H,4-5,8-10H2,1-2H3,(H,19,21). The maximum atomic E-state index is 12.2. The van der Waals surface area contributed by atoms with Crippen molar-refractivity contribution in [3.63, 3.8) is 0 Å². The molecule has 0 aromatic heterocycles. The average Bonchev–Trinajstić information content (AvgIpc) is 2.43. The van der Waals surface area contributed by atoms with Crippen LogP contribution in [0.5, 0.6) is 0 Å². The van der Waals surface area contributed by atoms with Crippen molar-refractivity contribution >= 4 is 29.1 Å². The van der Waals surface area contributed by atoms with Crippen molar-refractivity contribution in [3.8, 4) is 0 Å². The molecule has 0 spiro atoms. The van der Waals surface area contributed by atoms with Crippen LogP contribution in [-0.2, 0) is 11.3 Å². The summed E-state index contributed by atoms with van der Waals surface area (Å²) < 4.78 is 0. The van der Waals surface area contributed by atoms with Crippen molar-refractivity contribution in [2.75, 3.05) is 13.1 Å². The Morgan fingerprint density at radius 3 is 2.67 bits per heavy atom. The van der Waals surface area contributed by atoms with Crippen LogP contribution in [0.25, 0.3) is 0 Å². The van der Waals surface area contributed by atoms with Crippen molar-refractivity contribution in [2.45, 2.75) is 39.3 Å². The Hall–Kier alpha value is -0.770. The summed E-state index contributed by atoms with van der Waals surface area (Å²) >= 11 is 12.5. The van der Waals surface area contributed by atoms with Crippen LogP contribution < -0.4 is 5.32 Å². The largest absolute Gasteiger partial charge is 0.354 e. The normalized spacial score (nSPS) is 19.8. The smallest absolute Gasteiger partial charge is 0.224 e. The van der Waals surface area contributed by atoms with E-state index in [1.165, 1.54) is 0 Å².